The molecule has 0 N–H and O–H groups in total. The summed E-state index contributed by atoms with van der Waals surface area (Å²) in [5.41, 5.74) is 5.04. The zero-order valence-corrected chi connectivity index (χ0v) is 29.8. The van der Waals surface area contributed by atoms with Crippen molar-refractivity contribution >= 4 is 51.3 Å². The average Bonchev–Trinajstić information content (AvgIpc) is 2.71. The van der Waals surface area contributed by atoms with Gasteiger partial charge in [0.25, 0.3) is 0 Å². The molecule has 7 heteroatoms. The van der Waals surface area contributed by atoms with E-state index in [-0.39, 0.29) is 0 Å². The van der Waals surface area contributed by atoms with E-state index >= 15 is 0 Å². The van der Waals surface area contributed by atoms with E-state index in [4.69, 9.17) is 0 Å². The van der Waals surface area contributed by atoms with E-state index in [0.29, 0.717) is 11.0 Å². The van der Waals surface area contributed by atoms with Crippen LogP contribution in [0.3, 0.4) is 0 Å². The summed E-state index contributed by atoms with van der Waals surface area (Å²) in [6.07, 6.45) is -1.55. The summed E-state index contributed by atoms with van der Waals surface area (Å²) in [6.45, 7) is 43.4. The SMILES string of the molecule is CC(C)c1cccc2c1N([Si](C)(C)C)[Si]([Si]([Si](C)(C)C)([Si](C)(C)C)[Si](C)(C)C)C2(C)C. The highest BCUT2D eigenvalue weighted by atomic mass is 30.2. The van der Waals surface area contributed by atoms with Crippen LogP contribution in [0.1, 0.15) is 44.7 Å². The number of rotatable bonds is 6. The minimum absolute atomic E-state index is 0.332. The van der Waals surface area contributed by atoms with Crippen molar-refractivity contribution in [3.63, 3.8) is 0 Å². The first-order valence-electron chi connectivity index (χ1n) is 12.4. The fourth-order valence-corrected chi connectivity index (χ4v) is 154. The minimum Gasteiger partial charge on any atom is -0.426 e. The fourth-order valence-electron chi connectivity index (χ4n) is 8.05. The predicted octanol–water partition coefficient (Wildman–Crippen LogP) is 8.05. The first-order valence-corrected chi connectivity index (χ1v) is 33.8. The van der Waals surface area contributed by atoms with E-state index in [1.807, 2.05) is 0 Å². The summed E-state index contributed by atoms with van der Waals surface area (Å²) in [7, 11) is -6.45. The Balaban J connectivity index is 3.14. The van der Waals surface area contributed by atoms with E-state index in [1.165, 1.54) is 0 Å². The van der Waals surface area contributed by atoms with Crippen LogP contribution in [0, 0.1) is 0 Å². The Morgan fingerprint density at radius 1 is 0.742 bits per heavy atom. The second-order valence-electron chi connectivity index (χ2n) is 14.9. The zero-order chi connectivity index (χ0) is 24.6. The molecule has 31 heavy (non-hydrogen) atoms. The second-order valence-corrected chi connectivity index (χ2v) is 70.4. The Kier molecular flexibility index (Phi) is 7.05. The molecular weight excluding hydrogens is 471 g/mol. The molecule has 1 aromatic rings. The van der Waals surface area contributed by atoms with Gasteiger partial charge in [-0.1, -0.05) is 124 Å². The van der Waals surface area contributed by atoms with Gasteiger partial charge in [0.05, 0.1) is 6.14 Å². The number of hydrogen-bond donors (Lipinski definition) is 0. The Hall–Kier alpha value is 0.321. The van der Waals surface area contributed by atoms with E-state index in [0.717, 1.165) is 0 Å². The molecule has 1 aliphatic rings. The molecule has 0 bridgehead atoms. The van der Waals surface area contributed by atoms with Crippen LogP contribution in [0.25, 0.3) is 0 Å². The van der Waals surface area contributed by atoms with E-state index < -0.39 is 45.6 Å². The first-order chi connectivity index (χ1) is 13.5. The van der Waals surface area contributed by atoms with Crippen LogP contribution in [-0.2, 0) is 5.04 Å². The van der Waals surface area contributed by atoms with Crippen LogP contribution < -0.4 is 4.23 Å². The maximum Gasteiger partial charge on any atom is 0.149 e. The van der Waals surface area contributed by atoms with Gasteiger partial charge in [0.15, 0.2) is 0 Å². The largest absolute Gasteiger partial charge is 0.426 e. The molecule has 1 nitrogen and oxygen atoms in total. The Bertz CT molecular complexity index is 782. The predicted molar refractivity (Wildman–Crippen MR) is 161 cm³/mol. The monoisotopic (exact) mass is 522 g/mol. The maximum atomic E-state index is 3.27. The number of nitrogens with zero attached hydrogens (tertiary/aromatic N) is 1. The van der Waals surface area contributed by atoms with Crippen LogP contribution >= 0.6 is 0 Å². The van der Waals surface area contributed by atoms with Crippen LogP contribution in [0.15, 0.2) is 18.2 Å². The number of para-hydroxylation sites is 1. The van der Waals surface area contributed by atoms with Gasteiger partial charge in [-0.05, 0) is 17.0 Å². The van der Waals surface area contributed by atoms with Gasteiger partial charge in [0, 0.05) is 33.5 Å². The number of benzene rings is 1. The van der Waals surface area contributed by atoms with E-state index in [9.17, 15) is 0 Å². The van der Waals surface area contributed by atoms with Crippen molar-refractivity contribution in [2.24, 2.45) is 0 Å². The molecule has 1 aromatic carbocycles. The van der Waals surface area contributed by atoms with E-state index in [1.54, 1.807) is 16.8 Å². The van der Waals surface area contributed by atoms with Crippen LogP contribution in [-0.4, -0.2) is 45.6 Å². The molecule has 0 amide bonds. The van der Waals surface area contributed by atoms with Gasteiger partial charge < -0.3 is 4.23 Å². The van der Waals surface area contributed by atoms with Gasteiger partial charge in [-0.25, -0.2) is 0 Å². The van der Waals surface area contributed by atoms with Gasteiger partial charge in [0.1, 0.15) is 16.7 Å². The Morgan fingerprint density at radius 3 is 1.48 bits per heavy atom. The fraction of sp³-hybridized carbons (Fsp3) is 0.750. The van der Waals surface area contributed by atoms with Gasteiger partial charge in [-0.15, -0.1) is 0 Å². The molecule has 1 radical (unpaired) electrons. The summed E-state index contributed by atoms with van der Waals surface area (Å²) in [5.74, 6) is 0.590. The van der Waals surface area contributed by atoms with Gasteiger partial charge in [-0.3, -0.25) is 0 Å². The molecule has 0 saturated carbocycles. The lowest BCUT2D eigenvalue weighted by atomic mass is 9.93. The topological polar surface area (TPSA) is 3.24 Å². The molecular formula is C24H52NSi6. The van der Waals surface area contributed by atoms with Gasteiger partial charge in [0.2, 0.25) is 0 Å². The maximum absolute atomic E-state index is 3.27. The lowest BCUT2D eigenvalue weighted by Crippen LogP contribution is -2.94. The minimum atomic E-state index is -1.57. The standard InChI is InChI=1S/C24H52NSi6/c1-20(2)21-18-17-19-22-23(21)25(27(5,6)7)26(24(22,3)4)31(28(8,9)10,29(11,12)13)30(14,15)16/h17-20H,1-16H3. The second kappa shape index (κ2) is 7.93. The molecule has 0 fully saturated rings. The normalized spacial score (nSPS) is 18.7. The van der Waals surface area contributed by atoms with Crippen molar-refractivity contribution in [3.8, 4) is 0 Å². The third-order valence-corrected chi connectivity index (χ3v) is 114. The highest BCUT2D eigenvalue weighted by Gasteiger charge is 2.73. The van der Waals surface area contributed by atoms with Crippen molar-refractivity contribution in [2.75, 3.05) is 4.23 Å². The summed E-state index contributed by atoms with van der Waals surface area (Å²) in [6, 6.07) is 7.37. The lowest BCUT2D eigenvalue weighted by Gasteiger charge is -2.65. The summed E-state index contributed by atoms with van der Waals surface area (Å²) < 4.78 is 3.27. The molecule has 1 heterocycles. The molecule has 0 aliphatic carbocycles. The zero-order valence-electron chi connectivity index (χ0n) is 23.8. The molecule has 1 aliphatic heterocycles. The van der Waals surface area contributed by atoms with E-state index in [2.05, 4.69) is 129 Å². The highest BCUT2D eigenvalue weighted by Crippen LogP contribution is 2.55. The molecule has 0 spiro atoms. The Morgan fingerprint density at radius 2 is 1.16 bits per heavy atom. The lowest BCUT2D eigenvalue weighted by molar-refractivity contribution is 0.760. The third kappa shape index (κ3) is 4.07. The van der Waals surface area contributed by atoms with Gasteiger partial charge >= 0.3 is 0 Å². The summed E-state index contributed by atoms with van der Waals surface area (Å²) in [5, 5.41) is 0.332. The smallest absolute Gasteiger partial charge is 0.149 e. The molecule has 0 atom stereocenters. The van der Waals surface area contributed by atoms with Crippen molar-refractivity contribution in [1.29, 1.82) is 0 Å². The van der Waals surface area contributed by atoms with Crippen molar-refractivity contribution in [3.05, 3.63) is 29.3 Å². The first kappa shape index (κ1) is 27.6. The van der Waals surface area contributed by atoms with Crippen molar-refractivity contribution in [2.45, 2.75) is 117 Å². The van der Waals surface area contributed by atoms with Gasteiger partial charge in [-0.2, -0.15) is 0 Å². The van der Waals surface area contributed by atoms with Crippen molar-refractivity contribution < 1.29 is 0 Å². The molecule has 0 aromatic heterocycles. The van der Waals surface area contributed by atoms with Crippen LogP contribution in [0.2, 0.25) is 78.6 Å². The average molecular weight is 523 g/mol. The van der Waals surface area contributed by atoms with Crippen LogP contribution in [0.4, 0.5) is 5.69 Å². The highest BCUT2D eigenvalue weighted by molar-refractivity contribution is 8.04. The summed E-state index contributed by atoms with van der Waals surface area (Å²) >= 11 is 0. The number of hydrogen-bond acceptors (Lipinski definition) is 1. The quantitative estimate of drug-likeness (QED) is 0.341. The Labute approximate surface area is 201 Å². The molecule has 0 saturated heterocycles. The van der Waals surface area contributed by atoms with Crippen molar-refractivity contribution in [1.82, 2.24) is 0 Å². The van der Waals surface area contributed by atoms with Crippen LogP contribution in [0.5, 0.6) is 0 Å². The number of fused-ring (bicyclic) bond motifs is 1. The molecule has 0 unspecified atom stereocenters. The third-order valence-electron chi connectivity index (χ3n) is 7.80. The number of anilines is 1. The summed E-state index contributed by atoms with van der Waals surface area (Å²) in [4.78, 5) is 0. The molecule has 177 valence electrons. The molecule has 2 rings (SSSR count).